The van der Waals surface area contributed by atoms with Crippen LogP contribution in [0.3, 0.4) is 0 Å². The van der Waals surface area contributed by atoms with Crippen LogP contribution in [0.4, 0.5) is 4.39 Å². The van der Waals surface area contributed by atoms with Gasteiger partial charge in [0.1, 0.15) is 17.1 Å². The molecular formula is C14H20FNO2S. The molecule has 0 radical (unpaired) electrons. The van der Waals surface area contributed by atoms with Crippen molar-refractivity contribution in [2.45, 2.75) is 31.4 Å². The summed E-state index contributed by atoms with van der Waals surface area (Å²) in [5.41, 5.74) is -0.287. The van der Waals surface area contributed by atoms with Crippen LogP contribution in [0.1, 0.15) is 37.0 Å². The number of amides is 1. The SMILES string of the molecule is CCC(CC)(CNC(=O)c1c(O)cccc1F)SC. The number of carbonyl (C=O) groups is 1. The van der Waals surface area contributed by atoms with Gasteiger partial charge >= 0.3 is 0 Å². The second-order valence-electron chi connectivity index (χ2n) is 4.41. The molecule has 0 aliphatic rings. The average molecular weight is 285 g/mol. The quantitative estimate of drug-likeness (QED) is 0.844. The second kappa shape index (κ2) is 6.80. The minimum Gasteiger partial charge on any atom is -0.507 e. The summed E-state index contributed by atoms with van der Waals surface area (Å²) in [6, 6.07) is 3.83. The first kappa shape index (κ1) is 15.8. The number of halogens is 1. The lowest BCUT2D eigenvalue weighted by Gasteiger charge is -2.29. The van der Waals surface area contributed by atoms with Crippen LogP contribution < -0.4 is 5.32 Å². The van der Waals surface area contributed by atoms with E-state index >= 15 is 0 Å². The molecule has 0 atom stereocenters. The number of phenolic OH excluding ortho intramolecular Hbond substituents is 1. The van der Waals surface area contributed by atoms with Crippen LogP contribution in [-0.4, -0.2) is 28.6 Å². The third kappa shape index (κ3) is 3.62. The normalized spacial score (nSPS) is 11.4. The predicted molar refractivity (Wildman–Crippen MR) is 77.2 cm³/mol. The predicted octanol–water partition coefficient (Wildman–Crippen LogP) is 3.18. The number of benzene rings is 1. The van der Waals surface area contributed by atoms with Crippen LogP contribution in [0.25, 0.3) is 0 Å². The zero-order valence-corrected chi connectivity index (χ0v) is 12.3. The van der Waals surface area contributed by atoms with Crippen molar-refractivity contribution in [3.8, 4) is 5.75 Å². The summed E-state index contributed by atoms with van der Waals surface area (Å²) in [5.74, 6) is -1.61. The Labute approximate surface area is 117 Å². The highest BCUT2D eigenvalue weighted by atomic mass is 32.2. The lowest BCUT2D eigenvalue weighted by Crippen LogP contribution is -2.39. The van der Waals surface area contributed by atoms with Crippen molar-refractivity contribution in [2.75, 3.05) is 12.8 Å². The second-order valence-corrected chi connectivity index (χ2v) is 5.69. The van der Waals surface area contributed by atoms with E-state index in [9.17, 15) is 14.3 Å². The molecule has 0 aromatic heterocycles. The summed E-state index contributed by atoms with van der Waals surface area (Å²) in [4.78, 5) is 12.0. The molecule has 1 rings (SSSR count). The van der Waals surface area contributed by atoms with Crippen molar-refractivity contribution in [1.82, 2.24) is 5.32 Å². The maximum atomic E-state index is 13.5. The van der Waals surface area contributed by atoms with Gasteiger partial charge in [-0.2, -0.15) is 11.8 Å². The van der Waals surface area contributed by atoms with Crippen molar-refractivity contribution < 1.29 is 14.3 Å². The van der Waals surface area contributed by atoms with Gasteiger partial charge < -0.3 is 10.4 Å². The molecule has 0 aliphatic carbocycles. The summed E-state index contributed by atoms with van der Waals surface area (Å²) in [6.07, 6.45) is 3.82. The summed E-state index contributed by atoms with van der Waals surface area (Å²) >= 11 is 1.69. The molecule has 19 heavy (non-hydrogen) atoms. The van der Waals surface area contributed by atoms with E-state index in [1.165, 1.54) is 12.1 Å². The van der Waals surface area contributed by atoms with E-state index in [-0.39, 0.29) is 16.1 Å². The van der Waals surface area contributed by atoms with E-state index in [1.54, 1.807) is 11.8 Å². The number of hydrogen-bond donors (Lipinski definition) is 2. The van der Waals surface area contributed by atoms with Crippen LogP contribution in [-0.2, 0) is 0 Å². The zero-order chi connectivity index (χ0) is 14.5. The Morgan fingerprint density at radius 2 is 2.05 bits per heavy atom. The van der Waals surface area contributed by atoms with Gasteiger partial charge in [-0.1, -0.05) is 19.9 Å². The zero-order valence-electron chi connectivity index (χ0n) is 11.5. The van der Waals surface area contributed by atoms with Gasteiger partial charge in [0.05, 0.1) is 0 Å². The Balaban J connectivity index is 2.81. The molecule has 0 spiro atoms. The van der Waals surface area contributed by atoms with Gasteiger partial charge in [0.2, 0.25) is 0 Å². The molecule has 0 saturated heterocycles. The number of hydrogen-bond acceptors (Lipinski definition) is 3. The summed E-state index contributed by atoms with van der Waals surface area (Å²) in [5, 5.41) is 12.3. The fourth-order valence-electron chi connectivity index (χ4n) is 1.93. The summed E-state index contributed by atoms with van der Waals surface area (Å²) < 4.78 is 13.5. The van der Waals surface area contributed by atoms with E-state index in [4.69, 9.17) is 0 Å². The summed E-state index contributed by atoms with van der Waals surface area (Å²) in [6.45, 7) is 4.58. The fraction of sp³-hybridized carbons (Fsp3) is 0.500. The highest BCUT2D eigenvalue weighted by Crippen LogP contribution is 2.30. The van der Waals surface area contributed by atoms with E-state index < -0.39 is 11.7 Å². The van der Waals surface area contributed by atoms with Gasteiger partial charge in [0.15, 0.2) is 0 Å². The van der Waals surface area contributed by atoms with Gasteiger partial charge in [0.25, 0.3) is 5.91 Å². The minimum absolute atomic E-state index is 0.0451. The molecule has 0 aliphatic heterocycles. The number of thioether (sulfide) groups is 1. The molecule has 1 aromatic rings. The van der Waals surface area contributed by atoms with Crippen LogP contribution in [0.2, 0.25) is 0 Å². The average Bonchev–Trinajstić information content (AvgIpc) is 2.41. The van der Waals surface area contributed by atoms with Crippen molar-refractivity contribution in [3.63, 3.8) is 0 Å². The number of carbonyl (C=O) groups excluding carboxylic acids is 1. The van der Waals surface area contributed by atoms with Crippen molar-refractivity contribution in [3.05, 3.63) is 29.6 Å². The molecule has 1 aromatic carbocycles. The van der Waals surface area contributed by atoms with E-state index in [2.05, 4.69) is 19.2 Å². The standard InChI is InChI=1S/C14H20FNO2S/c1-4-14(5-2,19-3)9-16-13(18)12-10(15)7-6-8-11(12)17/h6-8,17H,4-5,9H2,1-3H3,(H,16,18). The monoisotopic (exact) mass is 285 g/mol. The molecule has 106 valence electrons. The van der Waals surface area contributed by atoms with Crippen molar-refractivity contribution in [2.24, 2.45) is 0 Å². The first-order valence-electron chi connectivity index (χ1n) is 6.30. The minimum atomic E-state index is -0.708. The molecule has 3 nitrogen and oxygen atoms in total. The Morgan fingerprint density at radius 1 is 1.42 bits per heavy atom. The molecule has 2 N–H and O–H groups in total. The number of phenols is 1. The third-order valence-corrected chi connectivity index (χ3v) is 5.10. The highest BCUT2D eigenvalue weighted by Gasteiger charge is 2.26. The van der Waals surface area contributed by atoms with Gasteiger partial charge in [0, 0.05) is 11.3 Å². The molecule has 0 heterocycles. The molecule has 5 heteroatoms. The first-order chi connectivity index (χ1) is 8.99. The fourth-order valence-corrected chi connectivity index (χ4v) is 2.72. The van der Waals surface area contributed by atoms with Crippen LogP contribution in [0.5, 0.6) is 5.75 Å². The number of rotatable bonds is 6. The number of aromatic hydroxyl groups is 1. The van der Waals surface area contributed by atoms with Crippen LogP contribution in [0.15, 0.2) is 18.2 Å². The van der Waals surface area contributed by atoms with Crippen molar-refractivity contribution in [1.29, 1.82) is 0 Å². The van der Waals surface area contributed by atoms with Crippen LogP contribution >= 0.6 is 11.8 Å². The Kier molecular flexibility index (Phi) is 5.66. The lowest BCUT2D eigenvalue weighted by atomic mass is 10.0. The number of nitrogens with one attached hydrogen (secondary N) is 1. The lowest BCUT2D eigenvalue weighted by molar-refractivity contribution is 0.0942. The van der Waals surface area contributed by atoms with E-state index in [0.717, 1.165) is 18.9 Å². The van der Waals surface area contributed by atoms with Gasteiger partial charge in [-0.15, -0.1) is 0 Å². The van der Waals surface area contributed by atoms with Crippen molar-refractivity contribution >= 4 is 17.7 Å². The molecule has 0 saturated carbocycles. The molecule has 0 fully saturated rings. The Morgan fingerprint density at radius 3 is 2.53 bits per heavy atom. The first-order valence-corrected chi connectivity index (χ1v) is 7.53. The molecule has 1 amide bonds. The van der Waals surface area contributed by atoms with Gasteiger partial charge in [-0.25, -0.2) is 4.39 Å². The topological polar surface area (TPSA) is 49.3 Å². The maximum Gasteiger partial charge on any atom is 0.258 e. The smallest absolute Gasteiger partial charge is 0.258 e. The highest BCUT2D eigenvalue weighted by molar-refractivity contribution is 8.00. The largest absolute Gasteiger partial charge is 0.507 e. The molecule has 0 unspecified atom stereocenters. The maximum absolute atomic E-state index is 13.5. The Hall–Kier alpha value is -1.23. The van der Waals surface area contributed by atoms with E-state index in [0.29, 0.717) is 6.54 Å². The van der Waals surface area contributed by atoms with Gasteiger partial charge in [-0.05, 0) is 31.2 Å². The third-order valence-electron chi connectivity index (χ3n) is 3.51. The Bertz CT molecular complexity index is 419. The summed E-state index contributed by atoms with van der Waals surface area (Å²) in [7, 11) is 0. The molecule has 0 bridgehead atoms. The van der Waals surface area contributed by atoms with Gasteiger partial charge in [-0.3, -0.25) is 4.79 Å². The van der Waals surface area contributed by atoms with E-state index in [1.807, 2.05) is 6.26 Å². The molecular weight excluding hydrogens is 265 g/mol. The van der Waals surface area contributed by atoms with Crippen LogP contribution in [0, 0.1) is 5.82 Å².